The quantitative estimate of drug-likeness (QED) is 0.463. The second-order valence-corrected chi connectivity index (χ2v) is 10.5. The lowest BCUT2D eigenvalue weighted by atomic mass is 9.99. The van der Waals surface area contributed by atoms with Crippen molar-refractivity contribution in [1.82, 2.24) is 9.91 Å². The van der Waals surface area contributed by atoms with Crippen molar-refractivity contribution >= 4 is 15.5 Å². The number of hydrogen-bond donors (Lipinski definition) is 2. The fourth-order valence-corrected chi connectivity index (χ4v) is 5.68. The molecule has 2 aromatic carbocycles. The van der Waals surface area contributed by atoms with Gasteiger partial charge >= 0.3 is 0 Å². The fraction of sp³-hybridized carbons (Fsp3) is 0.318. The Labute approximate surface area is 191 Å². The van der Waals surface area contributed by atoms with Gasteiger partial charge in [-0.2, -0.15) is 0 Å². The van der Waals surface area contributed by atoms with Crippen LogP contribution >= 0.6 is 0 Å². The molecule has 1 fully saturated rings. The number of nitrogens with two attached hydrogens (primary N) is 2. The molecule has 2 heterocycles. The standard InChI is InChI=1S/C22H25F2N5O3S/c1-28-13-22(24,14-28)33(30,31)18-5-2-15(3-6-18)19-7-4-16(10-20(19)23)21-11-17(32-27-21)12-29(26)9-8-25/h2-10,17H,11-14,25-26H2,1H3/b9-8-/t17-/m1/s1. The van der Waals surface area contributed by atoms with Gasteiger partial charge in [-0.15, -0.1) is 0 Å². The number of likely N-dealkylation sites (tertiary alicyclic amines) is 1. The largest absolute Gasteiger partial charge is 0.403 e. The summed E-state index contributed by atoms with van der Waals surface area (Å²) in [6.07, 6.45) is 2.99. The Morgan fingerprint density at radius 3 is 2.52 bits per heavy atom. The Morgan fingerprint density at radius 2 is 1.91 bits per heavy atom. The maximum Gasteiger partial charge on any atom is 0.240 e. The highest BCUT2D eigenvalue weighted by Crippen LogP contribution is 2.36. The number of benzene rings is 2. The van der Waals surface area contributed by atoms with Crippen molar-refractivity contribution in [3.05, 3.63) is 66.2 Å². The van der Waals surface area contributed by atoms with Gasteiger partial charge in [-0.1, -0.05) is 29.4 Å². The molecule has 4 N–H and O–H groups in total. The van der Waals surface area contributed by atoms with Gasteiger partial charge in [0, 0.05) is 43.0 Å². The minimum Gasteiger partial charge on any atom is -0.403 e. The smallest absolute Gasteiger partial charge is 0.240 e. The monoisotopic (exact) mass is 477 g/mol. The highest BCUT2D eigenvalue weighted by atomic mass is 32.2. The van der Waals surface area contributed by atoms with Crippen LogP contribution in [0, 0.1) is 5.82 Å². The highest BCUT2D eigenvalue weighted by molar-refractivity contribution is 7.92. The number of halogens is 2. The molecule has 176 valence electrons. The van der Waals surface area contributed by atoms with Crippen molar-refractivity contribution in [3.63, 3.8) is 0 Å². The van der Waals surface area contributed by atoms with Crippen LogP contribution in [0.2, 0.25) is 0 Å². The summed E-state index contributed by atoms with van der Waals surface area (Å²) in [4.78, 5) is 6.83. The van der Waals surface area contributed by atoms with Gasteiger partial charge in [0.15, 0.2) is 6.10 Å². The van der Waals surface area contributed by atoms with Crippen LogP contribution < -0.4 is 11.6 Å². The summed E-state index contributed by atoms with van der Waals surface area (Å²) >= 11 is 0. The number of nitrogens with zero attached hydrogens (tertiary/aromatic N) is 3. The Kier molecular flexibility index (Phi) is 6.12. The summed E-state index contributed by atoms with van der Waals surface area (Å²) in [7, 11) is -2.48. The molecule has 1 atom stereocenters. The van der Waals surface area contributed by atoms with E-state index in [0.717, 1.165) is 0 Å². The molecule has 0 bridgehead atoms. The number of rotatable bonds is 7. The van der Waals surface area contributed by atoms with Crippen LogP contribution in [0.15, 0.2) is 64.9 Å². The van der Waals surface area contributed by atoms with Crippen LogP contribution in [-0.2, 0) is 14.7 Å². The van der Waals surface area contributed by atoms with E-state index in [2.05, 4.69) is 5.16 Å². The molecule has 4 rings (SSSR count). The molecule has 8 nitrogen and oxygen atoms in total. The van der Waals surface area contributed by atoms with Gasteiger partial charge in [0.1, 0.15) is 5.82 Å². The van der Waals surface area contributed by atoms with Crippen molar-refractivity contribution in [2.75, 3.05) is 26.7 Å². The summed E-state index contributed by atoms with van der Waals surface area (Å²) in [6, 6.07) is 10.2. The van der Waals surface area contributed by atoms with E-state index in [1.165, 1.54) is 47.7 Å². The third-order valence-electron chi connectivity index (χ3n) is 5.70. The van der Waals surface area contributed by atoms with E-state index < -0.39 is 20.7 Å². The summed E-state index contributed by atoms with van der Waals surface area (Å²) < 4.78 is 54.8. The molecular formula is C22H25F2N5O3S. The topological polar surface area (TPSA) is 114 Å². The van der Waals surface area contributed by atoms with E-state index in [4.69, 9.17) is 16.4 Å². The van der Waals surface area contributed by atoms with Gasteiger partial charge in [0.25, 0.3) is 0 Å². The lowest BCUT2D eigenvalue weighted by Crippen LogP contribution is -2.61. The first kappa shape index (κ1) is 23.1. The number of hydrazine groups is 1. The summed E-state index contributed by atoms with van der Waals surface area (Å²) in [5.41, 5.74) is 7.24. The molecule has 2 aliphatic rings. The van der Waals surface area contributed by atoms with Gasteiger partial charge in [-0.3, -0.25) is 4.90 Å². The van der Waals surface area contributed by atoms with Crippen LogP contribution in [0.25, 0.3) is 11.1 Å². The van der Waals surface area contributed by atoms with E-state index in [1.807, 2.05) is 0 Å². The van der Waals surface area contributed by atoms with E-state index >= 15 is 0 Å². The number of oxime groups is 1. The SMILES string of the molecule is CN1CC(F)(S(=O)(=O)c2ccc(-c3ccc(C4=NO[C@@H](CN(N)/C=C\N)C4)cc3F)cc2)C1. The molecule has 0 aromatic heterocycles. The van der Waals surface area contributed by atoms with E-state index in [0.29, 0.717) is 35.4 Å². The Bertz CT molecular complexity index is 1200. The van der Waals surface area contributed by atoms with Crippen molar-refractivity contribution in [2.45, 2.75) is 22.4 Å². The zero-order chi connectivity index (χ0) is 23.8. The first-order chi connectivity index (χ1) is 15.6. The van der Waals surface area contributed by atoms with E-state index in [-0.39, 0.29) is 24.1 Å². The van der Waals surface area contributed by atoms with Crippen LogP contribution in [-0.4, -0.2) is 61.8 Å². The average Bonchev–Trinajstić information content (AvgIpc) is 3.21. The van der Waals surface area contributed by atoms with Gasteiger partial charge in [0.05, 0.1) is 17.2 Å². The van der Waals surface area contributed by atoms with Crippen LogP contribution in [0.3, 0.4) is 0 Å². The highest BCUT2D eigenvalue weighted by Gasteiger charge is 2.53. The summed E-state index contributed by atoms with van der Waals surface area (Å²) in [6.45, 7) is 0.0241. The fourth-order valence-electron chi connectivity index (χ4n) is 3.99. The molecule has 0 aliphatic carbocycles. The third kappa shape index (κ3) is 4.43. The molecular weight excluding hydrogens is 452 g/mol. The molecule has 2 aromatic rings. The van der Waals surface area contributed by atoms with Gasteiger partial charge < -0.3 is 15.6 Å². The molecule has 1 saturated heterocycles. The maximum atomic E-state index is 14.9. The first-order valence-electron chi connectivity index (χ1n) is 10.3. The summed E-state index contributed by atoms with van der Waals surface area (Å²) in [5.74, 6) is 5.25. The van der Waals surface area contributed by atoms with Crippen LogP contribution in [0.1, 0.15) is 12.0 Å². The molecule has 0 saturated carbocycles. The van der Waals surface area contributed by atoms with Crippen LogP contribution in [0.5, 0.6) is 0 Å². The molecule has 11 heteroatoms. The minimum atomic E-state index is -4.13. The van der Waals surface area contributed by atoms with E-state index in [1.54, 1.807) is 24.1 Å². The molecule has 0 spiro atoms. The Morgan fingerprint density at radius 1 is 1.24 bits per heavy atom. The molecule has 0 unspecified atom stereocenters. The van der Waals surface area contributed by atoms with Crippen molar-refractivity contribution in [2.24, 2.45) is 16.7 Å². The van der Waals surface area contributed by atoms with Crippen LogP contribution in [0.4, 0.5) is 8.78 Å². The normalized spacial score (nSPS) is 20.4. The molecule has 33 heavy (non-hydrogen) atoms. The molecule has 0 radical (unpaired) electrons. The van der Waals surface area contributed by atoms with E-state index in [9.17, 15) is 17.2 Å². The second-order valence-electron chi connectivity index (χ2n) is 8.29. The summed E-state index contributed by atoms with van der Waals surface area (Å²) in [5, 5.41) is 3.12. The Hall–Kier alpha value is -3.02. The Balaban J connectivity index is 1.48. The predicted octanol–water partition coefficient (Wildman–Crippen LogP) is 1.98. The third-order valence-corrected chi connectivity index (χ3v) is 7.81. The maximum absolute atomic E-state index is 14.9. The lowest BCUT2D eigenvalue weighted by molar-refractivity contribution is 0.0528. The average molecular weight is 478 g/mol. The van der Waals surface area contributed by atoms with Crippen molar-refractivity contribution in [1.29, 1.82) is 0 Å². The van der Waals surface area contributed by atoms with Gasteiger partial charge in [0.2, 0.25) is 14.8 Å². The molecule has 2 aliphatic heterocycles. The zero-order valence-corrected chi connectivity index (χ0v) is 18.8. The number of sulfone groups is 1. The van der Waals surface area contributed by atoms with Gasteiger partial charge in [-0.05, 0) is 30.8 Å². The van der Waals surface area contributed by atoms with Crippen molar-refractivity contribution in [3.8, 4) is 11.1 Å². The second kappa shape index (κ2) is 8.73. The zero-order valence-electron chi connectivity index (χ0n) is 18.0. The van der Waals surface area contributed by atoms with Crippen molar-refractivity contribution < 1.29 is 22.0 Å². The van der Waals surface area contributed by atoms with Gasteiger partial charge in [-0.25, -0.2) is 23.0 Å². The number of hydrogen-bond acceptors (Lipinski definition) is 8. The lowest BCUT2D eigenvalue weighted by Gasteiger charge is -2.41. The predicted molar refractivity (Wildman–Crippen MR) is 121 cm³/mol. The molecule has 0 amide bonds. The first-order valence-corrected chi connectivity index (χ1v) is 11.8. The minimum absolute atomic E-state index is 0.124. The number of alkyl halides is 1.